The highest BCUT2D eigenvalue weighted by atomic mass is 32.2. The molecule has 2 aromatic rings. The SMILES string of the molecule is CC(=O)Nc1ccc(S(=O)(=O)N[C@@H](C)C(=O)Nc2cc([N+](=O)[O-])ccc2C)cc1. The van der Waals surface area contributed by atoms with Gasteiger partial charge in [0.15, 0.2) is 0 Å². The second kappa shape index (κ2) is 8.80. The number of hydrogen-bond acceptors (Lipinski definition) is 6. The Hall–Kier alpha value is -3.31. The van der Waals surface area contributed by atoms with Gasteiger partial charge in [0.05, 0.1) is 21.5 Å². The molecule has 0 saturated heterocycles. The van der Waals surface area contributed by atoms with E-state index >= 15 is 0 Å². The number of nitro benzene ring substituents is 1. The predicted octanol–water partition coefficient (Wildman–Crippen LogP) is 2.17. The largest absolute Gasteiger partial charge is 0.326 e. The van der Waals surface area contributed by atoms with Crippen molar-refractivity contribution in [2.75, 3.05) is 10.6 Å². The number of non-ortho nitro benzene ring substituents is 1. The summed E-state index contributed by atoms with van der Waals surface area (Å²) in [5, 5.41) is 15.9. The molecular formula is C18H20N4O6S. The number of carbonyl (C=O) groups excluding carboxylic acids is 2. The van der Waals surface area contributed by atoms with Crippen LogP contribution in [-0.4, -0.2) is 31.2 Å². The number of nitrogens with one attached hydrogen (secondary N) is 3. The van der Waals surface area contributed by atoms with Crippen LogP contribution in [0.2, 0.25) is 0 Å². The van der Waals surface area contributed by atoms with Crippen LogP contribution in [0.3, 0.4) is 0 Å². The zero-order valence-electron chi connectivity index (χ0n) is 15.9. The molecule has 1 atom stereocenters. The van der Waals surface area contributed by atoms with Gasteiger partial charge in [0.2, 0.25) is 21.8 Å². The monoisotopic (exact) mass is 420 g/mol. The topological polar surface area (TPSA) is 148 Å². The van der Waals surface area contributed by atoms with E-state index in [2.05, 4.69) is 15.4 Å². The van der Waals surface area contributed by atoms with E-state index < -0.39 is 26.9 Å². The van der Waals surface area contributed by atoms with E-state index in [4.69, 9.17) is 0 Å². The van der Waals surface area contributed by atoms with E-state index in [0.29, 0.717) is 11.3 Å². The highest BCUT2D eigenvalue weighted by molar-refractivity contribution is 7.89. The van der Waals surface area contributed by atoms with Gasteiger partial charge in [-0.2, -0.15) is 4.72 Å². The summed E-state index contributed by atoms with van der Waals surface area (Å²) >= 11 is 0. The molecule has 0 aliphatic heterocycles. The second-order valence-corrected chi connectivity index (χ2v) is 8.01. The van der Waals surface area contributed by atoms with Crippen LogP contribution in [0.25, 0.3) is 0 Å². The summed E-state index contributed by atoms with van der Waals surface area (Å²) in [5.41, 5.74) is 1.05. The molecule has 2 amide bonds. The summed E-state index contributed by atoms with van der Waals surface area (Å²) in [6, 6.07) is 8.29. The molecule has 0 bridgehead atoms. The molecule has 29 heavy (non-hydrogen) atoms. The maximum atomic E-state index is 12.5. The first kappa shape index (κ1) is 22.0. The molecule has 0 heterocycles. The Bertz CT molecular complexity index is 1050. The molecule has 10 nitrogen and oxygen atoms in total. The fraction of sp³-hybridized carbons (Fsp3) is 0.222. The number of benzene rings is 2. The van der Waals surface area contributed by atoms with Gasteiger partial charge in [-0.05, 0) is 43.7 Å². The van der Waals surface area contributed by atoms with Crippen molar-refractivity contribution in [3.63, 3.8) is 0 Å². The van der Waals surface area contributed by atoms with Gasteiger partial charge in [0.1, 0.15) is 0 Å². The smallest absolute Gasteiger partial charge is 0.271 e. The van der Waals surface area contributed by atoms with Crippen molar-refractivity contribution in [3.8, 4) is 0 Å². The van der Waals surface area contributed by atoms with Gasteiger partial charge >= 0.3 is 0 Å². The van der Waals surface area contributed by atoms with Crippen molar-refractivity contribution >= 4 is 38.9 Å². The number of anilines is 2. The third-order valence-corrected chi connectivity index (χ3v) is 5.46. The van der Waals surface area contributed by atoms with Crippen molar-refractivity contribution in [2.45, 2.75) is 31.7 Å². The summed E-state index contributed by atoms with van der Waals surface area (Å²) in [6.07, 6.45) is 0. The van der Waals surface area contributed by atoms with Crippen LogP contribution < -0.4 is 15.4 Å². The van der Waals surface area contributed by atoms with Crippen LogP contribution in [-0.2, 0) is 19.6 Å². The zero-order valence-corrected chi connectivity index (χ0v) is 16.7. The molecule has 2 rings (SSSR count). The lowest BCUT2D eigenvalue weighted by Gasteiger charge is -2.15. The average Bonchev–Trinajstić information content (AvgIpc) is 2.62. The maximum Gasteiger partial charge on any atom is 0.271 e. The first-order chi connectivity index (χ1) is 13.5. The minimum atomic E-state index is -4.01. The number of aryl methyl sites for hydroxylation is 1. The predicted molar refractivity (Wildman–Crippen MR) is 107 cm³/mol. The van der Waals surface area contributed by atoms with Gasteiger partial charge < -0.3 is 10.6 Å². The van der Waals surface area contributed by atoms with Crippen LogP contribution in [0, 0.1) is 17.0 Å². The third-order valence-electron chi connectivity index (χ3n) is 3.90. The lowest BCUT2D eigenvalue weighted by Crippen LogP contribution is -2.41. The molecule has 0 saturated carbocycles. The molecule has 154 valence electrons. The lowest BCUT2D eigenvalue weighted by atomic mass is 10.1. The molecule has 0 aliphatic carbocycles. The Labute approximate surface area is 167 Å². The number of nitrogens with zero attached hydrogens (tertiary/aromatic N) is 1. The standard InChI is InChI=1S/C18H20N4O6S/c1-11-4-7-15(22(25)26)10-17(11)20-18(24)12(2)21-29(27,28)16-8-5-14(6-9-16)19-13(3)23/h4-10,12,21H,1-3H3,(H,19,23)(H,20,24)/t12-/m0/s1. The van der Waals surface area contributed by atoms with Crippen LogP contribution >= 0.6 is 0 Å². The van der Waals surface area contributed by atoms with Crippen molar-refractivity contribution in [1.29, 1.82) is 0 Å². The van der Waals surface area contributed by atoms with Crippen LogP contribution in [0.15, 0.2) is 47.4 Å². The van der Waals surface area contributed by atoms with E-state index in [1.54, 1.807) is 6.92 Å². The highest BCUT2D eigenvalue weighted by Gasteiger charge is 2.23. The molecule has 11 heteroatoms. The molecule has 3 N–H and O–H groups in total. The second-order valence-electron chi connectivity index (χ2n) is 6.29. The molecule has 0 unspecified atom stereocenters. The zero-order chi connectivity index (χ0) is 21.8. The summed E-state index contributed by atoms with van der Waals surface area (Å²) < 4.78 is 27.2. The first-order valence-corrected chi connectivity index (χ1v) is 9.94. The van der Waals surface area contributed by atoms with Gasteiger partial charge in [0, 0.05) is 24.7 Å². The minimum absolute atomic E-state index is 0.0854. The maximum absolute atomic E-state index is 12.5. The summed E-state index contributed by atoms with van der Waals surface area (Å²) in [4.78, 5) is 33.6. The lowest BCUT2D eigenvalue weighted by molar-refractivity contribution is -0.384. The number of hydrogen-bond donors (Lipinski definition) is 3. The Balaban J connectivity index is 2.11. The van der Waals surface area contributed by atoms with Gasteiger partial charge in [0.25, 0.3) is 5.69 Å². The quantitative estimate of drug-likeness (QED) is 0.462. The minimum Gasteiger partial charge on any atom is -0.326 e. The fourth-order valence-corrected chi connectivity index (χ4v) is 3.58. The van der Waals surface area contributed by atoms with Crippen molar-refractivity contribution in [2.24, 2.45) is 0 Å². The summed E-state index contributed by atoms with van der Waals surface area (Å²) in [7, 11) is -4.01. The highest BCUT2D eigenvalue weighted by Crippen LogP contribution is 2.22. The van der Waals surface area contributed by atoms with Gasteiger partial charge in [-0.3, -0.25) is 19.7 Å². The van der Waals surface area contributed by atoms with Crippen LogP contribution in [0.4, 0.5) is 17.1 Å². The summed E-state index contributed by atoms with van der Waals surface area (Å²) in [5.74, 6) is -0.965. The van der Waals surface area contributed by atoms with Gasteiger partial charge in [-0.25, -0.2) is 8.42 Å². The number of amides is 2. The molecule has 0 aromatic heterocycles. The fourth-order valence-electron chi connectivity index (χ4n) is 2.37. The first-order valence-electron chi connectivity index (χ1n) is 8.45. The van der Waals surface area contributed by atoms with E-state index in [9.17, 15) is 28.1 Å². The normalized spacial score (nSPS) is 12.1. The number of nitro groups is 1. The Morgan fingerprint density at radius 1 is 1.07 bits per heavy atom. The molecule has 0 fully saturated rings. The third kappa shape index (κ3) is 5.83. The number of rotatable bonds is 7. The Kier molecular flexibility index (Phi) is 6.67. The van der Waals surface area contributed by atoms with Gasteiger partial charge in [-0.15, -0.1) is 0 Å². The molecule has 0 radical (unpaired) electrons. The van der Waals surface area contributed by atoms with Gasteiger partial charge in [-0.1, -0.05) is 6.07 Å². The van der Waals surface area contributed by atoms with Crippen molar-refractivity contribution < 1.29 is 22.9 Å². The van der Waals surface area contributed by atoms with Crippen LogP contribution in [0.5, 0.6) is 0 Å². The molecule has 0 aliphatic rings. The average molecular weight is 420 g/mol. The molecule has 2 aromatic carbocycles. The van der Waals surface area contributed by atoms with Crippen molar-refractivity contribution in [1.82, 2.24) is 4.72 Å². The Morgan fingerprint density at radius 2 is 1.69 bits per heavy atom. The van der Waals surface area contributed by atoms with Crippen molar-refractivity contribution in [3.05, 3.63) is 58.1 Å². The molecular weight excluding hydrogens is 400 g/mol. The van der Waals surface area contributed by atoms with E-state index in [1.165, 1.54) is 56.3 Å². The Morgan fingerprint density at radius 3 is 2.24 bits per heavy atom. The van der Waals surface area contributed by atoms with E-state index in [-0.39, 0.29) is 22.2 Å². The summed E-state index contributed by atoms with van der Waals surface area (Å²) in [6.45, 7) is 4.34. The molecule has 0 spiro atoms. The van der Waals surface area contributed by atoms with Crippen LogP contribution in [0.1, 0.15) is 19.4 Å². The number of sulfonamides is 1. The van der Waals surface area contributed by atoms with E-state index in [1.807, 2.05) is 0 Å². The number of carbonyl (C=O) groups is 2. The van der Waals surface area contributed by atoms with E-state index in [0.717, 1.165) is 0 Å².